The number of hydrogen-bond donors (Lipinski definition) is 2. The molecule has 0 saturated heterocycles. The van der Waals surface area contributed by atoms with Crippen molar-refractivity contribution < 1.29 is 9.59 Å². The fourth-order valence-electron chi connectivity index (χ4n) is 2.71. The van der Waals surface area contributed by atoms with Crippen molar-refractivity contribution in [2.45, 2.75) is 0 Å². The van der Waals surface area contributed by atoms with E-state index in [0.29, 0.717) is 22.5 Å². The van der Waals surface area contributed by atoms with Gasteiger partial charge in [-0.2, -0.15) is 0 Å². The van der Waals surface area contributed by atoms with Crippen LogP contribution in [0.4, 0.5) is 5.69 Å². The molecule has 0 atom stereocenters. The van der Waals surface area contributed by atoms with Crippen molar-refractivity contribution in [3.8, 4) is 11.1 Å². The van der Waals surface area contributed by atoms with E-state index in [1.165, 1.54) is 6.20 Å². The summed E-state index contributed by atoms with van der Waals surface area (Å²) in [6.45, 7) is 0. The molecule has 0 aliphatic carbocycles. The van der Waals surface area contributed by atoms with E-state index in [1.807, 2.05) is 18.2 Å². The van der Waals surface area contributed by atoms with Crippen molar-refractivity contribution in [3.63, 3.8) is 0 Å². The number of pyridine rings is 2. The third kappa shape index (κ3) is 2.95. The van der Waals surface area contributed by atoms with Crippen molar-refractivity contribution >= 4 is 28.9 Å². The van der Waals surface area contributed by atoms with Gasteiger partial charge in [-0.05, 0) is 23.8 Å². The van der Waals surface area contributed by atoms with Crippen molar-refractivity contribution in [1.82, 2.24) is 15.0 Å². The number of hydrogen-bond acceptors (Lipinski definition) is 4. The Bertz CT molecular complexity index is 1090. The maximum atomic E-state index is 12.4. The van der Waals surface area contributed by atoms with E-state index in [0.717, 1.165) is 22.8 Å². The molecule has 26 heavy (non-hydrogen) atoms. The normalized spacial score (nSPS) is 10.6. The number of nitrogens with one attached hydrogen (secondary N) is 2. The van der Waals surface area contributed by atoms with Crippen molar-refractivity contribution in [1.29, 1.82) is 0 Å². The Balaban J connectivity index is 1.68. The van der Waals surface area contributed by atoms with Crippen LogP contribution in [0, 0.1) is 0 Å². The molecule has 3 aromatic heterocycles. The summed E-state index contributed by atoms with van der Waals surface area (Å²) in [5.41, 5.74) is 4.26. The molecule has 4 rings (SSSR count). The number of carbonyl (C=O) groups is 2. The van der Waals surface area contributed by atoms with Gasteiger partial charge in [0.15, 0.2) is 0 Å². The van der Waals surface area contributed by atoms with Crippen LogP contribution in [-0.4, -0.2) is 27.1 Å². The average molecular weight is 342 g/mol. The first-order valence-corrected chi connectivity index (χ1v) is 7.99. The van der Waals surface area contributed by atoms with E-state index in [1.54, 1.807) is 42.9 Å². The number of amides is 1. The van der Waals surface area contributed by atoms with Gasteiger partial charge in [0, 0.05) is 41.3 Å². The van der Waals surface area contributed by atoms with Crippen molar-refractivity contribution in [2.24, 2.45) is 0 Å². The molecule has 0 unspecified atom stereocenters. The molecule has 1 amide bonds. The highest BCUT2D eigenvalue weighted by Crippen LogP contribution is 2.27. The maximum Gasteiger partial charge on any atom is 0.257 e. The summed E-state index contributed by atoms with van der Waals surface area (Å²) in [4.78, 5) is 34.6. The molecule has 126 valence electrons. The van der Waals surface area contributed by atoms with Gasteiger partial charge in [-0.25, -0.2) is 4.98 Å². The number of aldehydes is 1. The molecule has 6 nitrogen and oxygen atoms in total. The summed E-state index contributed by atoms with van der Waals surface area (Å²) >= 11 is 0. The molecule has 0 spiro atoms. The van der Waals surface area contributed by atoms with E-state index in [9.17, 15) is 9.59 Å². The predicted octanol–water partition coefficient (Wildman–Crippen LogP) is 3.69. The van der Waals surface area contributed by atoms with Crippen LogP contribution >= 0.6 is 0 Å². The smallest absolute Gasteiger partial charge is 0.257 e. The Hall–Kier alpha value is -3.80. The zero-order valence-corrected chi connectivity index (χ0v) is 13.6. The highest BCUT2D eigenvalue weighted by Gasteiger charge is 2.11. The maximum absolute atomic E-state index is 12.4. The first kappa shape index (κ1) is 15.7. The predicted molar refractivity (Wildman–Crippen MR) is 99.1 cm³/mol. The summed E-state index contributed by atoms with van der Waals surface area (Å²) in [6.07, 6.45) is 7.41. The standard InChI is InChI=1S/C20H14N4O2/c25-12-13-3-5-14(6-4-13)16-8-17-18(11-23-19(17)22-10-16)24-20(26)15-2-1-7-21-9-15/h1-12H,(H,22,23)(H,24,26). The minimum absolute atomic E-state index is 0.236. The van der Waals surface area contributed by atoms with Crippen LogP contribution in [0.15, 0.2) is 67.3 Å². The van der Waals surface area contributed by atoms with Crippen molar-refractivity contribution in [2.75, 3.05) is 5.32 Å². The zero-order valence-electron chi connectivity index (χ0n) is 13.6. The largest absolute Gasteiger partial charge is 0.344 e. The fourth-order valence-corrected chi connectivity index (χ4v) is 2.71. The first-order chi connectivity index (χ1) is 12.7. The summed E-state index contributed by atoms with van der Waals surface area (Å²) in [5.74, 6) is -0.236. The van der Waals surface area contributed by atoms with Crippen molar-refractivity contribution in [3.05, 3.63) is 78.4 Å². The van der Waals surface area contributed by atoms with Crippen LogP contribution in [0.25, 0.3) is 22.2 Å². The number of anilines is 1. The molecule has 0 aliphatic heterocycles. The van der Waals surface area contributed by atoms with E-state index >= 15 is 0 Å². The summed E-state index contributed by atoms with van der Waals surface area (Å²) in [7, 11) is 0. The number of carbonyl (C=O) groups excluding carboxylic acids is 2. The van der Waals surface area contributed by atoms with Crippen LogP contribution in [0.5, 0.6) is 0 Å². The molecule has 0 fully saturated rings. The lowest BCUT2D eigenvalue weighted by Crippen LogP contribution is -2.11. The lowest BCUT2D eigenvalue weighted by atomic mass is 10.0. The van der Waals surface area contributed by atoms with Gasteiger partial charge in [0.2, 0.25) is 0 Å². The number of fused-ring (bicyclic) bond motifs is 1. The van der Waals surface area contributed by atoms with Gasteiger partial charge in [-0.3, -0.25) is 14.6 Å². The Labute approximate surface area is 148 Å². The third-order valence-electron chi connectivity index (χ3n) is 4.08. The van der Waals surface area contributed by atoms with Gasteiger partial charge in [-0.15, -0.1) is 0 Å². The molecule has 4 aromatic rings. The molecule has 0 radical (unpaired) electrons. The minimum atomic E-state index is -0.236. The zero-order chi connectivity index (χ0) is 17.9. The summed E-state index contributed by atoms with van der Waals surface area (Å²) < 4.78 is 0. The number of H-pyrrole nitrogens is 1. The number of benzene rings is 1. The number of rotatable bonds is 4. The van der Waals surface area contributed by atoms with Gasteiger partial charge < -0.3 is 10.3 Å². The van der Waals surface area contributed by atoms with Gasteiger partial charge in [-0.1, -0.05) is 24.3 Å². The monoisotopic (exact) mass is 342 g/mol. The number of nitrogens with zero attached hydrogens (tertiary/aromatic N) is 2. The van der Waals surface area contributed by atoms with E-state index in [2.05, 4.69) is 20.3 Å². The Morgan fingerprint density at radius 1 is 1.08 bits per heavy atom. The molecule has 0 saturated carbocycles. The molecule has 6 heteroatoms. The minimum Gasteiger partial charge on any atom is -0.344 e. The Morgan fingerprint density at radius 2 is 1.92 bits per heavy atom. The Morgan fingerprint density at radius 3 is 2.65 bits per heavy atom. The van der Waals surface area contributed by atoms with Crippen LogP contribution in [-0.2, 0) is 0 Å². The first-order valence-electron chi connectivity index (χ1n) is 7.99. The quantitative estimate of drug-likeness (QED) is 0.554. The molecule has 1 aromatic carbocycles. The summed E-state index contributed by atoms with van der Waals surface area (Å²) in [6, 6.07) is 12.6. The molecule has 0 bridgehead atoms. The second-order valence-corrected chi connectivity index (χ2v) is 5.76. The summed E-state index contributed by atoms with van der Waals surface area (Å²) in [5, 5.41) is 3.69. The SMILES string of the molecule is O=Cc1ccc(-c2cnc3[nH]cc(NC(=O)c4cccnc4)c3c2)cc1. The lowest BCUT2D eigenvalue weighted by Gasteiger charge is -2.05. The number of aromatic nitrogens is 3. The molecular formula is C20H14N4O2. The lowest BCUT2D eigenvalue weighted by molar-refractivity contribution is 0.102. The van der Waals surface area contributed by atoms with Crippen LogP contribution in [0.2, 0.25) is 0 Å². The highest BCUT2D eigenvalue weighted by molar-refractivity contribution is 6.08. The molecular weight excluding hydrogens is 328 g/mol. The van der Waals surface area contributed by atoms with Crippen LogP contribution in [0.1, 0.15) is 20.7 Å². The Kier molecular flexibility index (Phi) is 3.99. The van der Waals surface area contributed by atoms with Crippen LogP contribution in [0.3, 0.4) is 0 Å². The second kappa shape index (κ2) is 6.60. The fraction of sp³-hybridized carbons (Fsp3) is 0. The molecule has 0 aliphatic rings. The van der Waals surface area contributed by atoms with E-state index in [-0.39, 0.29) is 5.91 Å². The third-order valence-corrected chi connectivity index (χ3v) is 4.08. The van der Waals surface area contributed by atoms with Gasteiger partial charge in [0.25, 0.3) is 5.91 Å². The van der Waals surface area contributed by atoms with E-state index < -0.39 is 0 Å². The number of aromatic amines is 1. The molecule has 3 heterocycles. The average Bonchev–Trinajstić information content (AvgIpc) is 3.10. The highest BCUT2D eigenvalue weighted by atomic mass is 16.1. The van der Waals surface area contributed by atoms with Gasteiger partial charge >= 0.3 is 0 Å². The molecule has 2 N–H and O–H groups in total. The van der Waals surface area contributed by atoms with Gasteiger partial charge in [0.05, 0.1) is 11.3 Å². The second-order valence-electron chi connectivity index (χ2n) is 5.76. The van der Waals surface area contributed by atoms with Crippen LogP contribution < -0.4 is 5.32 Å². The topological polar surface area (TPSA) is 87.7 Å². The van der Waals surface area contributed by atoms with Gasteiger partial charge in [0.1, 0.15) is 11.9 Å². The van der Waals surface area contributed by atoms with E-state index in [4.69, 9.17) is 0 Å².